The molecule has 0 N–H and O–H groups in total. The fraction of sp³-hybridized carbons (Fsp3) is 0. The third-order valence-corrected chi connectivity index (χ3v) is 6.03. The van der Waals surface area contributed by atoms with Crippen molar-refractivity contribution in [1.82, 2.24) is 15.0 Å². The second-order valence-corrected chi connectivity index (χ2v) is 8.01. The minimum absolute atomic E-state index is 0.940. The average molecular weight is 434 g/mol. The van der Waals surface area contributed by atoms with E-state index >= 15 is 0 Å². The molecule has 3 heteroatoms. The Hall–Kier alpha value is -4.81. The van der Waals surface area contributed by atoms with Crippen molar-refractivity contribution in [1.29, 1.82) is 0 Å². The van der Waals surface area contributed by atoms with Crippen molar-refractivity contribution >= 4 is 21.5 Å². The molecule has 0 radical (unpaired) electrons. The van der Waals surface area contributed by atoms with E-state index in [4.69, 9.17) is 0 Å². The van der Waals surface area contributed by atoms with E-state index in [0.29, 0.717) is 0 Å². The predicted octanol–water partition coefficient (Wildman–Crippen LogP) is 6.91. The lowest BCUT2D eigenvalue weighted by atomic mass is 9.89. The minimum atomic E-state index is 0.940. The van der Waals surface area contributed by atoms with Crippen LogP contribution in [0.25, 0.3) is 43.8 Å². The van der Waals surface area contributed by atoms with Gasteiger partial charge in [0.25, 0.3) is 0 Å². The van der Waals surface area contributed by atoms with Gasteiger partial charge in [-0.3, -0.25) is 15.0 Å². The quantitative estimate of drug-likeness (QED) is 0.220. The van der Waals surface area contributed by atoms with Crippen molar-refractivity contribution in [3.8, 4) is 34.1 Å². The van der Waals surface area contributed by atoms with Crippen LogP contribution in [0.15, 0.2) is 116 Å². The third kappa shape index (κ3) is 3.58. The Bertz CT molecular complexity index is 1580. The Morgan fingerprint density at radius 3 is 1.41 bits per heavy atom. The van der Waals surface area contributed by atoms with Gasteiger partial charge in [0.2, 0.25) is 0 Å². The highest BCUT2D eigenvalue weighted by molar-refractivity contribution is 6.13. The van der Waals surface area contributed by atoms with Gasteiger partial charge in [-0.1, -0.05) is 48.2 Å². The van der Waals surface area contributed by atoms with Crippen LogP contribution < -0.4 is 0 Å². The number of hydrogen-bond acceptors (Lipinski definition) is 3. The van der Waals surface area contributed by atoms with Gasteiger partial charge in [0.1, 0.15) is 0 Å². The highest BCUT2D eigenvalue weighted by Gasteiger charge is 2.13. The standard InChI is InChI=1S/C31H19N3/c1-3-25(23-11-17-33-18-12-23)30-21-31-26(24-13-19-34-20-14-24)4-2-6-28(31)29(27(30)5-1)8-7-22-9-15-32-16-10-22/h1-6,9-21H. The smallest absolute Gasteiger partial charge is 0.0406 e. The maximum atomic E-state index is 4.20. The molecule has 0 aliphatic rings. The summed E-state index contributed by atoms with van der Waals surface area (Å²) in [7, 11) is 0. The Labute approximate surface area is 197 Å². The van der Waals surface area contributed by atoms with Crippen LogP contribution in [0.2, 0.25) is 0 Å². The first-order chi connectivity index (χ1) is 16.9. The van der Waals surface area contributed by atoms with Gasteiger partial charge < -0.3 is 0 Å². The number of benzene rings is 3. The van der Waals surface area contributed by atoms with E-state index in [1.165, 1.54) is 21.9 Å². The summed E-state index contributed by atoms with van der Waals surface area (Å²) in [5.74, 6) is 6.86. The lowest BCUT2D eigenvalue weighted by molar-refractivity contribution is 1.32. The number of rotatable bonds is 2. The molecule has 0 saturated carbocycles. The molecule has 3 aromatic heterocycles. The van der Waals surface area contributed by atoms with Gasteiger partial charge in [0.05, 0.1) is 0 Å². The van der Waals surface area contributed by atoms with E-state index in [1.54, 1.807) is 12.4 Å². The summed E-state index contributed by atoms with van der Waals surface area (Å²) in [6.45, 7) is 0. The molecule has 0 bridgehead atoms. The zero-order chi connectivity index (χ0) is 22.7. The van der Waals surface area contributed by atoms with Crippen LogP contribution >= 0.6 is 0 Å². The summed E-state index contributed by atoms with van der Waals surface area (Å²) >= 11 is 0. The predicted molar refractivity (Wildman–Crippen MR) is 138 cm³/mol. The fourth-order valence-corrected chi connectivity index (χ4v) is 4.44. The molecule has 0 amide bonds. The molecule has 0 spiro atoms. The van der Waals surface area contributed by atoms with Crippen molar-refractivity contribution in [2.45, 2.75) is 0 Å². The van der Waals surface area contributed by atoms with Crippen LogP contribution in [0.1, 0.15) is 11.1 Å². The summed E-state index contributed by atoms with van der Waals surface area (Å²) in [5, 5.41) is 4.61. The highest BCUT2D eigenvalue weighted by Crippen LogP contribution is 2.38. The molecule has 6 rings (SSSR count). The van der Waals surface area contributed by atoms with Crippen LogP contribution in [0.5, 0.6) is 0 Å². The molecule has 0 unspecified atom stereocenters. The van der Waals surface area contributed by atoms with Crippen molar-refractivity contribution < 1.29 is 0 Å². The summed E-state index contributed by atoms with van der Waals surface area (Å²) < 4.78 is 0. The van der Waals surface area contributed by atoms with Crippen molar-refractivity contribution in [2.24, 2.45) is 0 Å². The Balaban J connectivity index is 1.72. The molecular weight excluding hydrogens is 414 g/mol. The fourth-order valence-electron chi connectivity index (χ4n) is 4.44. The number of fused-ring (bicyclic) bond motifs is 2. The minimum Gasteiger partial charge on any atom is -0.265 e. The first-order valence-electron chi connectivity index (χ1n) is 11.1. The van der Waals surface area contributed by atoms with E-state index in [-0.39, 0.29) is 0 Å². The second-order valence-electron chi connectivity index (χ2n) is 8.01. The molecule has 3 nitrogen and oxygen atoms in total. The zero-order valence-corrected chi connectivity index (χ0v) is 18.3. The zero-order valence-electron chi connectivity index (χ0n) is 18.3. The lowest BCUT2D eigenvalue weighted by Crippen LogP contribution is -1.90. The SMILES string of the molecule is C(#Cc1c2cccc(-c3ccncc3)c2cc2c(-c3ccncc3)cccc12)c1ccncc1. The maximum absolute atomic E-state index is 4.20. The van der Waals surface area contributed by atoms with Crippen molar-refractivity contribution in [2.75, 3.05) is 0 Å². The molecule has 3 heterocycles. The van der Waals surface area contributed by atoms with Gasteiger partial charge in [0, 0.05) is 48.3 Å². The first kappa shape index (κ1) is 19.8. The van der Waals surface area contributed by atoms with Gasteiger partial charge in [-0.05, 0) is 86.3 Å². The molecule has 158 valence electrons. The molecule has 34 heavy (non-hydrogen) atoms. The van der Waals surface area contributed by atoms with E-state index in [1.807, 2.05) is 36.9 Å². The van der Waals surface area contributed by atoms with Crippen molar-refractivity contribution in [3.63, 3.8) is 0 Å². The molecule has 0 atom stereocenters. The molecule has 0 fully saturated rings. The third-order valence-electron chi connectivity index (χ3n) is 6.03. The van der Waals surface area contributed by atoms with E-state index in [2.05, 4.69) is 93.5 Å². The van der Waals surface area contributed by atoms with E-state index in [0.717, 1.165) is 33.0 Å². The van der Waals surface area contributed by atoms with Gasteiger partial charge in [-0.2, -0.15) is 0 Å². The Kier molecular flexibility index (Phi) is 5.03. The molecule has 3 aromatic carbocycles. The Morgan fingerprint density at radius 2 is 0.912 bits per heavy atom. The van der Waals surface area contributed by atoms with E-state index in [9.17, 15) is 0 Å². The number of aromatic nitrogens is 3. The summed E-state index contributed by atoms with van der Waals surface area (Å²) in [6, 6.07) is 27.2. The van der Waals surface area contributed by atoms with Gasteiger partial charge in [-0.25, -0.2) is 0 Å². The summed E-state index contributed by atoms with van der Waals surface area (Å²) in [4.78, 5) is 12.5. The average Bonchev–Trinajstić information content (AvgIpc) is 2.92. The second kappa shape index (κ2) is 8.61. The Morgan fingerprint density at radius 1 is 0.441 bits per heavy atom. The molecule has 0 saturated heterocycles. The largest absolute Gasteiger partial charge is 0.265 e. The van der Waals surface area contributed by atoms with Gasteiger partial charge in [-0.15, -0.1) is 0 Å². The monoisotopic (exact) mass is 433 g/mol. The van der Waals surface area contributed by atoms with Gasteiger partial charge in [0.15, 0.2) is 0 Å². The molecular formula is C31H19N3. The van der Waals surface area contributed by atoms with Crippen LogP contribution in [-0.2, 0) is 0 Å². The number of nitrogens with zero attached hydrogens (tertiary/aromatic N) is 3. The summed E-state index contributed by atoms with van der Waals surface area (Å²) in [5.41, 5.74) is 6.56. The van der Waals surface area contributed by atoms with Gasteiger partial charge >= 0.3 is 0 Å². The molecule has 6 aromatic rings. The molecule has 0 aliphatic heterocycles. The van der Waals surface area contributed by atoms with Crippen molar-refractivity contribution in [3.05, 3.63) is 127 Å². The lowest BCUT2D eigenvalue weighted by Gasteiger charge is -2.14. The van der Waals surface area contributed by atoms with Crippen LogP contribution in [0.3, 0.4) is 0 Å². The first-order valence-corrected chi connectivity index (χ1v) is 11.1. The normalized spacial score (nSPS) is 10.7. The van der Waals surface area contributed by atoms with E-state index < -0.39 is 0 Å². The highest BCUT2D eigenvalue weighted by atomic mass is 14.6. The van der Waals surface area contributed by atoms with Crippen LogP contribution in [-0.4, -0.2) is 15.0 Å². The number of pyridine rings is 3. The molecule has 0 aliphatic carbocycles. The summed E-state index contributed by atoms with van der Waals surface area (Å²) in [6.07, 6.45) is 10.9. The number of hydrogen-bond donors (Lipinski definition) is 0. The maximum Gasteiger partial charge on any atom is 0.0406 e. The van der Waals surface area contributed by atoms with Crippen LogP contribution in [0, 0.1) is 11.8 Å². The van der Waals surface area contributed by atoms with Crippen LogP contribution in [0.4, 0.5) is 0 Å². The topological polar surface area (TPSA) is 38.7 Å².